The fourth-order valence-electron chi connectivity index (χ4n) is 6.07. The molecule has 11 heteroatoms. The molecule has 0 saturated carbocycles. The zero-order chi connectivity index (χ0) is 35.1. The van der Waals surface area contributed by atoms with E-state index in [0.29, 0.717) is 0 Å². The molecular weight excluding hydrogens is 608 g/mol. The summed E-state index contributed by atoms with van der Waals surface area (Å²) in [6.07, 6.45) is 5.96. The highest BCUT2D eigenvalue weighted by molar-refractivity contribution is 5.82. The van der Waals surface area contributed by atoms with Gasteiger partial charge in [0.05, 0.1) is 54.9 Å². The molecule has 268 valence electrons. The molecule has 1 fully saturated rings. The zero-order valence-corrected chi connectivity index (χ0v) is 28.1. The van der Waals surface area contributed by atoms with E-state index in [1.165, 1.54) is 12.2 Å². The van der Waals surface area contributed by atoms with Gasteiger partial charge in [-0.15, -0.1) is 0 Å². The van der Waals surface area contributed by atoms with Gasteiger partial charge in [-0.25, -0.2) is 4.79 Å². The molecule has 2 heterocycles. The van der Waals surface area contributed by atoms with Crippen molar-refractivity contribution in [1.29, 1.82) is 0 Å². The standard InChI is InChI=1S/C36H58O11/c1-22(2)36-23(3)13-14-25(37)15-26(38)16-27(39)17-28(40)18-29(41)19-30(42)20-34-24(4)31(43)21-32(44)33(46-34)11-9-7-5-6-8-10-12-35(45)47-36/h5-14,22-34,36-44H,15-21H2,1-4H3. The largest absolute Gasteiger partial charge is 0.458 e. The highest BCUT2D eigenvalue weighted by atomic mass is 16.5. The quantitative estimate of drug-likeness (QED) is 0.151. The van der Waals surface area contributed by atoms with Crippen molar-refractivity contribution in [3.8, 4) is 0 Å². The van der Waals surface area contributed by atoms with Crippen LogP contribution in [0, 0.1) is 17.8 Å². The van der Waals surface area contributed by atoms with Crippen LogP contribution in [0.1, 0.15) is 72.6 Å². The Labute approximate surface area is 279 Å². The monoisotopic (exact) mass is 666 g/mol. The molecule has 0 radical (unpaired) electrons. The maximum absolute atomic E-state index is 12.5. The molecule has 0 aliphatic carbocycles. The molecule has 11 nitrogen and oxygen atoms in total. The Morgan fingerprint density at radius 2 is 1.13 bits per heavy atom. The number of aliphatic hydroxyl groups is 8. The first kappa shape index (κ1) is 41.0. The molecule has 0 spiro atoms. The number of esters is 1. The van der Waals surface area contributed by atoms with Crippen LogP contribution in [0.5, 0.6) is 0 Å². The van der Waals surface area contributed by atoms with Gasteiger partial charge in [-0.1, -0.05) is 82.4 Å². The number of hydrogen-bond donors (Lipinski definition) is 8. The molecule has 2 bridgehead atoms. The highest BCUT2D eigenvalue weighted by Crippen LogP contribution is 2.29. The molecule has 8 N–H and O–H groups in total. The summed E-state index contributed by atoms with van der Waals surface area (Å²) in [4.78, 5) is 12.5. The number of carbonyl (C=O) groups is 1. The SMILES string of the molecule is CC(C)C1OC(=O)C=CC=CC=CC=CC2OC(CC(O)CC(O)CC(O)CC(O)CC(O)CC(O)C=CC1C)C(C)C(O)CC2O. The van der Waals surface area contributed by atoms with Crippen molar-refractivity contribution >= 4 is 5.97 Å². The van der Waals surface area contributed by atoms with Gasteiger partial charge >= 0.3 is 5.97 Å². The van der Waals surface area contributed by atoms with Crippen molar-refractivity contribution < 1.29 is 55.1 Å². The Morgan fingerprint density at radius 3 is 1.70 bits per heavy atom. The summed E-state index contributed by atoms with van der Waals surface area (Å²) in [7, 11) is 0. The second-order valence-corrected chi connectivity index (χ2v) is 13.5. The summed E-state index contributed by atoms with van der Waals surface area (Å²) in [5, 5.41) is 84.3. The molecule has 47 heavy (non-hydrogen) atoms. The average Bonchev–Trinajstić information content (AvgIpc) is 3.06. The van der Waals surface area contributed by atoms with Crippen molar-refractivity contribution in [2.24, 2.45) is 17.8 Å². The average molecular weight is 667 g/mol. The summed E-state index contributed by atoms with van der Waals surface area (Å²) in [5.74, 6) is -1.16. The third-order valence-electron chi connectivity index (χ3n) is 8.74. The van der Waals surface area contributed by atoms with Gasteiger partial charge in [-0.3, -0.25) is 0 Å². The van der Waals surface area contributed by atoms with Crippen molar-refractivity contribution in [1.82, 2.24) is 0 Å². The van der Waals surface area contributed by atoms with E-state index in [1.54, 1.807) is 55.5 Å². The van der Waals surface area contributed by atoms with Crippen LogP contribution >= 0.6 is 0 Å². The number of aliphatic hydroxyl groups excluding tert-OH is 8. The minimum Gasteiger partial charge on any atom is -0.458 e. The predicted molar refractivity (Wildman–Crippen MR) is 178 cm³/mol. The van der Waals surface area contributed by atoms with Gasteiger partial charge in [0.2, 0.25) is 0 Å². The van der Waals surface area contributed by atoms with Gasteiger partial charge in [-0.2, -0.15) is 0 Å². The maximum atomic E-state index is 12.5. The lowest BCUT2D eigenvalue weighted by Gasteiger charge is -2.29. The van der Waals surface area contributed by atoms with E-state index in [0.717, 1.165) is 0 Å². The summed E-state index contributed by atoms with van der Waals surface area (Å²) in [6, 6.07) is 0. The summed E-state index contributed by atoms with van der Waals surface area (Å²) < 4.78 is 11.8. The molecule has 0 amide bonds. The number of hydrogen-bond acceptors (Lipinski definition) is 11. The van der Waals surface area contributed by atoms with Crippen LogP contribution in [0.15, 0.2) is 60.8 Å². The molecule has 0 aromatic carbocycles. The minimum atomic E-state index is -1.10. The Morgan fingerprint density at radius 1 is 0.617 bits per heavy atom. The Balaban J connectivity index is 2.22. The van der Waals surface area contributed by atoms with Crippen LogP contribution in [0.3, 0.4) is 0 Å². The van der Waals surface area contributed by atoms with Crippen LogP contribution in [-0.2, 0) is 14.3 Å². The summed E-state index contributed by atoms with van der Waals surface area (Å²) in [5.41, 5.74) is 0. The van der Waals surface area contributed by atoms with Crippen molar-refractivity contribution in [2.45, 2.75) is 140 Å². The summed E-state index contributed by atoms with van der Waals surface area (Å²) in [6.45, 7) is 7.48. The lowest BCUT2D eigenvalue weighted by Crippen LogP contribution is -2.35. The Hall–Kier alpha value is -2.19. The lowest BCUT2D eigenvalue weighted by molar-refractivity contribution is -0.147. The van der Waals surface area contributed by atoms with E-state index in [-0.39, 0.29) is 56.8 Å². The Kier molecular flexibility index (Phi) is 18.3. The third kappa shape index (κ3) is 15.7. The third-order valence-corrected chi connectivity index (χ3v) is 8.74. The second-order valence-electron chi connectivity index (χ2n) is 13.5. The van der Waals surface area contributed by atoms with Gasteiger partial charge in [0.15, 0.2) is 0 Å². The summed E-state index contributed by atoms with van der Waals surface area (Å²) >= 11 is 0. The molecule has 13 atom stereocenters. The van der Waals surface area contributed by atoms with Gasteiger partial charge < -0.3 is 50.3 Å². The van der Waals surface area contributed by atoms with Crippen LogP contribution < -0.4 is 0 Å². The van der Waals surface area contributed by atoms with Gasteiger partial charge in [0.1, 0.15) is 12.2 Å². The van der Waals surface area contributed by atoms with Gasteiger partial charge in [0.25, 0.3) is 0 Å². The number of fused-ring (bicyclic) bond motifs is 2. The number of rotatable bonds is 1. The van der Waals surface area contributed by atoms with Crippen molar-refractivity contribution in [3.05, 3.63) is 60.8 Å². The smallest absolute Gasteiger partial charge is 0.331 e. The van der Waals surface area contributed by atoms with Crippen LogP contribution in [0.2, 0.25) is 0 Å². The molecular formula is C36H58O11. The molecule has 0 aromatic rings. The predicted octanol–water partition coefficient (Wildman–Crippen LogP) is 2.01. The first-order valence-electron chi connectivity index (χ1n) is 16.8. The van der Waals surface area contributed by atoms with Crippen molar-refractivity contribution in [3.63, 3.8) is 0 Å². The second kappa shape index (κ2) is 21.0. The van der Waals surface area contributed by atoms with E-state index in [1.807, 2.05) is 20.8 Å². The molecule has 2 aliphatic rings. The van der Waals surface area contributed by atoms with Crippen LogP contribution in [0.4, 0.5) is 0 Å². The molecule has 13 unspecified atom stereocenters. The topological polar surface area (TPSA) is 197 Å². The minimum absolute atomic E-state index is 0.00861. The van der Waals surface area contributed by atoms with E-state index in [2.05, 4.69) is 0 Å². The fourth-order valence-corrected chi connectivity index (χ4v) is 6.07. The first-order valence-corrected chi connectivity index (χ1v) is 16.8. The number of allylic oxidation sites excluding steroid dienone is 6. The van der Waals surface area contributed by atoms with E-state index < -0.39 is 79.0 Å². The first-order chi connectivity index (χ1) is 22.2. The normalized spacial score (nSPS) is 39.9. The van der Waals surface area contributed by atoms with E-state index >= 15 is 0 Å². The highest BCUT2D eigenvalue weighted by Gasteiger charge is 2.37. The molecule has 0 aromatic heterocycles. The zero-order valence-electron chi connectivity index (χ0n) is 28.1. The molecule has 2 aliphatic heterocycles. The van der Waals surface area contributed by atoms with Crippen LogP contribution in [-0.4, -0.2) is 114 Å². The van der Waals surface area contributed by atoms with Gasteiger partial charge in [-0.05, 0) is 38.0 Å². The lowest BCUT2D eigenvalue weighted by atomic mass is 9.90. The Bertz CT molecular complexity index is 1050. The van der Waals surface area contributed by atoms with E-state index in [9.17, 15) is 45.6 Å². The fraction of sp³-hybridized carbons (Fsp3) is 0.694. The number of cyclic esters (lactones) is 1. The van der Waals surface area contributed by atoms with E-state index in [4.69, 9.17) is 9.47 Å². The van der Waals surface area contributed by atoms with Crippen LogP contribution in [0.25, 0.3) is 0 Å². The number of ether oxygens (including phenoxy) is 2. The maximum Gasteiger partial charge on any atom is 0.331 e. The number of carbonyl (C=O) groups excluding carboxylic acids is 1. The van der Waals surface area contributed by atoms with Crippen molar-refractivity contribution in [2.75, 3.05) is 0 Å². The molecule has 1 saturated heterocycles. The van der Waals surface area contributed by atoms with Gasteiger partial charge in [0, 0.05) is 30.8 Å². The molecule has 2 rings (SSSR count).